The van der Waals surface area contributed by atoms with Crippen LogP contribution >= 0.6 is 0 Å². The lowest BCUT2D eigenvalue weighted by atomic mass is 10.1. The largest absolute Gasteiger partial charge is 0.478 e. The van der Waals surface area contributed by atoms with E-state index in [4.69, 9.17) is 10.8 Å². The lowest BCUT2D eigenvalue weighted by molar-refractivity contribution is 0.0698. The molecule has 0 atom stereocenters. The summed E-state index contributed by atoms with van der Waals surface area (Å²) >= 11 is 0. The quantitative estimate of drug-likeness (QED) is 0.676. The second kappa shape index (κ2) is 4.00. The number of carbonyl (C=O) groups is 1. The molecule has 0 aliphatic heterocycles. The Morgan fingerprint density at radius 1 is 1.44 bits per heavy atom. The van der Waals surface area contributed by atoms with Crippen LogP contribution in [-0.2, 0) is 0 Å². The Morgan fingerprint density at radius 3 is 2.44 bits per heavy atom. The minimum Gasteiger partial charge on any atom is -0.478 e. The third kappa shape index (κ3) is 2.85. The molecule has 88 valence electrons. The predicted octanol–water partition coefficient (Wildman–Crippen LogP) is 2.32. The summed E-state index contributed by atoms with van der Waals surface area (Å²) in [6.07, 6.45) is 0. The maximum absolute atomic E-state index is 13.5. The number of halogens is 1. The van der Waals surface area contributed by atoms with E-state index < -0.39 is 11.8 Å². The number of hydrogen-bond donors (Lipinski definition) is 3. The third-order valence-corrected chi connectivity index (χ3v) is 1.88. The molecule has 0 aromatic heterocycles. The van der Waals surface area contributed by atoms with Crippen molar-refractivity contribution in [2.24, 2.45) is 0 Å². The molecule has 1 aromatic rings. The maximum atomic E-state index is 13.5. The van der Waals surface area contributed by atoms with Crippen LogP contribution in [0.3, 0.4) is 0 Å². The van der Waals surface area contributed by atoms with E-state index in [-0.39, 0.29) is 22.5 Å². The normalized spacial score (nSPS) is 11.2. The Morgan fingerprint density at radius 2 is 2.00 bits per heavy atom. The molecule has 16 heavy (non-hydrogen) atoms. The summed E-state index contributed by atoms with van der Waals surface area (Å²) in [5, 5.41) is 11.7. The lowest BCUT2D eigenvalue weighted by Gasteiger charge is -2.23. The Balaban J connectivity index is 3.20. The van der Waals surface area contributed by atoms with Gasteiger partial charge in [0.25, 0.3) is 0 Å². The van der Waals surface area contributed by atoms with Crippen molar-refractivity contribution < 1.29 is 14.3 Å². The molecule has 0 fully saturated rings. The van der Waals surface area contributed by atoms with Crippen molar-refractivity contribution in [3.63, 3.8) is 0 Å². The van der Waals surface area contributed by atoms with Crippen molar-refractivity contribution in [3.05, 3.63) is 23.5 Å². The van der Waals surface area contributed by atoms with E-state index in [1.54, 1.807) is 0 Å². The van der Waals surface area contributed by atoms with Gasteiger partial charge in [0.1, 0.15) is 5.82 Å². The van der Waals surface area contributed by atoms with Gasteiger partial charge in [0.15, 0.2) is 0 Å². The minimum atomic E-state index is -1.17. The number of benzene rings is 1. The SMILES string of the molecule is CC(C)(C)Nc1cc(C(=O)O)c(N)cc1F. The molecule has 0 spiro atoms. The average molecular weight is 226 g/mol. The van der Waals surface area contributed by atoms with Gasteiger partial charge in [-0.25, -0.2) is 9.18 Å². The highest BCUT2D eigenvalue weighted by atomic mass is 19.1. The van der Waals surface area contributed by atoms with Crippen molar-refractivity contribution in [3.8, 4) is 0 Å². The Labute approximate surface area is 93.3 Å². The van der Waals surface area contributed by atoms with E-state index in [1.807, 2.05) is 20.8 Å². The summed E-state index contributed by atoms with van der Waals surface area (Å²) in [7, 11) is 0. The number of rotatable bonds is 2. The van der Waals surface area contributed by atoms with E-state index in [2.05, 4.69) is 5.32 Å². The van der Waals surface area contributed by atoms with E-state index in [9.17, 15) is 9.18 Å². The number of nitrogens with one attached hydrogen (secondary N) is 1. The van der Waals surface area contributed by atoms with Gasteiger partial charge in [-0.1, -0.05) is 0 Å². The van der Waals surface area contributed by atoms with Gasteiger partial charge in [-0.2, -0.15) is 0 Å². The third-order valence-electron chi connectivity index (χ3n) is 1.88. The van der Waals surface area contributed by atoms with Crippen LogP contribution in [0.15, 0.2) is 12.1 Å². The van der Waals surface area contributed by atoms with Crippen LogP contribution < -0.4 is 11.1 Å². The first kappa shape index (κ1) is 12.3. The second-order valence-electron chi connectivity index (χ2n) is 4.60. The van der Waals surface area contributed by atoms with Gasteiger partial charge in [-0.05, 0) is 32.9 Å². The summed E-state index contributed by atoms with van der Waals surface area (Å²) in [6.45, 7) is 5.55. The minimum absolute atomic E-state index is 0.0792. The number of anilines is 2. The van der Waals surface area contributed by atoms with E-state index in [1.165, 1.54) is 6.07 Å². The second-order valence-corrected chi connectivity index (χ2v) is 4.60. The van der Waals surface area contributed by atoms with Crippen molar-refractivity contribution in [1.29, 1.82) is 0 Å². The predicted molar refractivity (Wildman–Crippen MR) is 61.1 cm³/mol. The topological polar surface area (TPSA) is 75.3 Å². The van der Waals surface area contributed by atoms with Crippen LogP contribution in [0.25, 0.3) is 0 Å². The smallest absolute Gasteiger partial charge is 0.337 e. The Kier molecular flexibility index (Phi) is 3.07. The van der Waals surface area contributed by atoms with Gasteiger partial charge < -0.3 is 16.2 Å². The van der Waals surface area contributed by atoms with Gasteiger partial charge in [0.05, 0.1) is 11.3 Å². The molecule has 4 N–H and O–H groups in total. The highest BCUT2D eigenvalue weighted by Gasteiger charge is 2.17. The number of nitrogens with two attached hydrogens (primary N) is 1. The molecule has 0 bridgehead atoms. The summed E-state index contributed by atoms with van der Waals surface area (Å²) < 4.78 is 13.5. The van der Waals surface area contributed by atoms with Gasteiger partial charge in [-0.15, -0.1) is 0 Å². The fourth-order valence-corrected chi connectivity index (χ4v) is 1.27. The molecule has 0 aliphatic carbocycles. The monoisotopic (exact) mass is 226 g/mol. The highest BCUT2D eigenvalue weighted by molar-refractivity contribution is 5.94. The Bertz CT molecular complexity index is 425. The zero-order valence-electron chi connectivity index (χ0n) is 9.47. The van der Waals surface area contributed by atoms with Crippen LogP contribution in [0, 0.1) is 5.82 Å². The van der Waals surface area contributed by atoms with Crippen LogP contribution in [-0.4, -0.2) is 16.6 Å². The molecule has 0 saturated carbocycles. The maximum Gasteiger partial charge on any atom is 0.337 e. The molecular weight excluding hydrogens is 211 g/mol. The molecule has 4 nitrogen and oxygen atoms in total. The van der Waals surface area contributed by atoms with Gasteiger partial charge in [0.2, 0.25) is 0 Å². The molecule has 0 heterocycles. The fraction of sp³-hybridized carbons (Fsp3) is 0.364. The summed E-state index contributed by atoms with van der Waals surface area (Å²) in [5.74, 6) is -1.73. The molecule has 0 amide bonds. The highest BCUT2D eigenvalue weighted by Crippen LogP contribution is 2.24. The fourth-order valence-electron chi connectivity index (χ4n) is 1.27. The molecule has 1 rings (SSSR count). The standard InChI is InChI=1S/C11H15FN2O2/c1-11(2,3)14-9-4-6(10(15)16)8(13)5-7(9)12/h4-5,14H,13H2,1-3H3,(H,15,16). The molecule has 0 saturated heterocycles. The summed E-state index contributed by atoms with van der Waals surface area (Å²) in [5.41, 5.74) is 5.01. The Hall–Kier alpha value is -1.78. The van der Waals surface area contributed by atoms with Gasteiger partial charge >= 0.3 is 5.97 Å². The van der Waals surface area contributed by atoms with Crippen LogP contribution in [0.2, 0.25) is 0 Å². The van der Waals surface area contributed by atoms with Crippen molar-refractivity contribution in [2.45, 2.75) is 26.3 Å². The van der Waals surface area contributed by atoms with Crippen LogP contribution in [0.1, 0.15) is 31.1 Å². The first-order chi connectivity index (χ1) is 7.20. The zero-order chi connectivity index (χ0) is 12.5. The van der Waals surface area contributed by atoms with Crippen molar-refractivity contribution in [1.82, 2.24) is 0 Å². The van der Waals surface area contributed by atoms with Crippen molar-refractivity contribution in [2.75, 3.05) is 11.1 Å². The first-order valence-electron chi connectivity index (χ1n) is 4.81. The van der Waals surface area contributed by atoms with E-state index in [0.29, 0.717) is 0 Å². The van der Waals surface area contributed by atoms with Gasteiger partial charge in [-0.3, -0.25) is 0 Å². The molecule has 0 aliphatic rings. The van der Waals surface area contributed by atoms with Crippen molar-refractivity contribution >= 4 is 17.3 Å². The summed E-state index contributed by atoms with van der Waals surface area (Å²) in [6, 6.07) is 2.22. The number of carboxylic acids is 1. The number of hydrogen-bond acceptors (Lipinski definition) is 3. The average Bonchev–Trinajstić information content (AvgIpc) is 2.07. The van der Waals surface area contributed by atoms with Gasteiger partial charge in [0, 0.05) is 11.2 Å². The van der Waals surface area contributed by atoms with E-state index in [0.717, 1.165) is 6.07 Å². The molecule has 0 unspecified atom stereocenters. The van der Waals surface area contributed by atoms with E-state index >= 15 is 0 Å². The summed E-state index contributed by atoms with van der Waals surface area (Å²) in [4.78, 5) is 10.8. The molecular formula is C11H15FN2O2. The molecule has 1 aromatic carbocycles. The number of nitrogen functional groups attached to an aromatic ring is 1. The first-order valence-corrected chi connectivity index (χ1v) is 4.81. The number of aromatic carboxylic acids is 1. The van der Waals surface area contributed by atoms with Crippen LogP contribution in [0.5, 0.6) is 0 Å². The molecule has 5 heteroatoms. The zero-order valence-corrected chi connectivity index (χ0v) is 9.47. The lowest BCUT2D eigenvalue weighted by Crippen LogP contribution is -2.27. The molecule has 0 radical (unpaired) electrons. The number of carboxylic acid groups (broad SMARTS) is 1. The van der Waals surface area contributed by atoms with Crippen LogP contribution in [0.4, 0.5) is 15.8 Å².